The second kappa shape index (κ2) is 3.19. The molecule has 2 rings (SSSR count). The minimum Gasteiger partial charge on any atom is -0.319 e. The van der Waals surface area contributed by atoms with Crippen molar-refractivity contribution in [3.63, 3.8) is 0 Å². The molecule has 1 aromatic heterocycles. The zero-order chi connectivity index (χ0) is 9.47. The van der Waals surface area contributed by atoms with E-state index in [1.54, 1.807) is 11.3 Å². The molecule has 1 saturated carbocycles. The molecule has 0 unspecified atom stereocenters. The number of ketones is 1. The molecule has 2 N–H and O–H groups in total. The third kappa shape index (κ3) is 2.00. The van der Waals surface area contributed by atoms with Crippen molar-refractivity contribution in [2.75, 3.05) is 0 Å². The summed E-state index contributed by atoms with van der Waals surface area (Å²) in [6.07, 6.45) is 2.21. The first kappa shape index (κ1) is 9.37. The highest BCUT2D eigenvalue weighted by Crippen LogP contribution is 2.34. The second-order valence-corrected chi connectivity index (χ2v) is 5.40. The van der Waals surface area contributed by atoms with Gasteiger partial charge in [-0.25, -0.2) is 0 Å². The molecule has 0 radical (unpaired) electrons. The smallest absolute Gasteiger partial charge is 0.157 e. The molecular weight excluding hydrogens is 250 g/mol. The minimum atomic E-state index is -0.476. The lowest BCUT2D eigenvalue weighted by Gasteiger charge is -2.04. The first-order chi connectivity index (χ1) is 6.10. The van der Waals surface area contributed by atoms with Crippen molar-refractivity contribution in [2.45, 2.75) is 24.8 Å². The molecule has 4 heteroatoms. The number of nitrogens with two attached hydrogens (primary N) is 1. The van der Waals surface area contributed by atoms with Crippen molar-refractivity contribution in [2.24, 2.45) is 5.73 Å². The third-order valence-corrected chi connectivity index (χ3v) is 4.00. The monoisotopic (exact) mass is 259 g/mol. The van der Waals surface area contributed by atoms with Crippen LogP contribution in [0.2, 0.25) is 0 Å². The molecule has 13 heavy (non-hydrogen) atoms. The lowest BCUT2D eigenvalue weighted by molar-refractivity contribution is -0.120. The molecule has 0 saturated heterocycles. The Kier molecular flexibility index (Phi) is 2.30. The molecule has 1 fully saturated rings. The van der Waals surface area contributed by atoms with Crippen LogP contribution in [0.15, 0.2) is 15.9 Å². The molecule has 1 aliphatic rings. The van der Waals surface area contributed by atoms with Gasteiger partial charge in [0, 0.05) is 21.2 Å². The predicted octanol–water partition coefficient (Wildman–Crippen LogP) is 2.11. The van der Waals surface area contributed by atoms with E-state index in [1.165, 1.54) is 0 Å². The van der Waals surface area contributed by atoms with E-state index in [0.29, 0.717) is 6.42 Å². The minimum absolute atomic E-state index is 0.182. The van der Waals surface area contributed by atoms with Gasteiger partial charge in [-0.2, -0.15) is 0 Å². The number of hydrogen-bond donors (Lipinski definition) is 1. The van der Waals surface area contributed by atoms with Crippen molar-refractivity contribution in [1.29, 1.82) is 0 Å². The number of thiophene rings is 1. The number of carbonyl (C=O) groups excluding carboxylic acids is 1. The highest BCUT2D eigenvalue weighted by Gasteiger charge is 2.45. The van der Waals surface area contributed by atoms with Gasteiger partial charge in [0.2, 0.25) is 0 Å². The van der Waals surface area contributed by atoms with Crippen LogP contribution in [-0.4, -0.2) is 11.3 Å². The fourth-order valence-corrected chi connectivity index (χ4v) is 2.64. The lowest BCUT2D eigenvalue weighted by Crippen LogP contribution is -2.33. The molecule has 1 aliphatic carbocycles. The van der Waals surface area contributed by atoms with Crippen LogP contribution in [0.1, 0.15) is 17.7 Å². The van der Waals surface area contributed by atoms with Crippen LogP contribution in [0.4, 0.5) is 0 Å². The van der Waals surface area contributed by atoms with Crippen molar-refractivity contribution in [3.05, 3.63) is 20.8 Å². The van der Waals surface area contributed by atoms with E-state index >= 15 is 0 Å². The molecule has 0 aromatic carbocycles. The third-order valence-electron chi connectivity index (χ3n) is 2.30. The van der Waals surface area contributed by atoms with Crippen LogP contribution in [0.3, 0.4) is 0 Å². The van der Waals surface area contributed by atoms with E-state index in [9.17, 15) is 4.79 Å². The van der Waals surface area contributed by atoms with E-state index < -0.39 is 5.54 Å². The van der Waals surface area contributed by atoms with Crippen LogP contribution in [0, 0.1) is 0 Å². The van der Waals surface area contributed by atoms with Crippen LogP contribution in [0.25, 0.3) is 0 Å². The first-order valence-corrected chi connectivity index (χ1v) is 5.82. The summed E-state index contributed by atoms with van der Waals surface area (Å²) in [5.74, 6) is 0.182. The van der Waals surface area contributed by atoms with E-state index in [-0.39, 0.29) is 5.78 Å². The van der Waals surface area contributed by atoms with E-state index in [4.69, 9.17) is 5.73 Å². The van der Waals surface area contributed by atoms with Crippen LogP contribution in [0.5, 0.6) is 0 Å². The molecule has 70 valence electrons. The molecule has 0 aliphatic heterocycles. The van der Waals surface area contributed by atoms with Crippen molar-refractivity contribution >= 4 is 33.0 Å². The quantitative estimate of drug-likeness (QED) is 0.904. The Hall–Kier alpha value is -0.190. The summed E-state index contributed by atoms with van der Waals surface area (Å²) >= 11 is 4.95. The van der Waals surface area contributed by atoms with Crippen LogP contribution < -0.4 is 5.73 Å². The van der Waals surface area contributed by atoms with Gasteiger partial charge in [-0.1, -0.05) is 0 Å². The summed E-state index contributed by atoms with van der Waals surface area (Å²) in [5.41, 5.74) is 5.31. The summed E-state index contributed by atoms with van der Waals surface area (Å²) in [7, 11) is 0. The zero-order valence-electron chi connectivity index (χ0n) is 7.05. The van der Waals surface area contributed by atoms with Gasteiger partial charge < -0.3 is 5.73 Å². The summed E-state index contributed by atoms with van der Waals surface area (Å²) in [5, 5.41) is 1.98. The Balaban J connectivity index is 2.02. The second-order valence-electron chi connectivity index (χ2n) is 3.49. The van der Waals surface area contributed by atoms with Crippen molar-refractivity contribution < 1.29 is 4.79 Å². The SMILES string of the molecule is NC1(C(=O)Cc2cc(Br)cs2)CC1. The Labute approximate surface area is 89.3 Å². The highest BCUT2D eigenvalue weighted by atomic mass is 79.9. The summed E-state index contributed by atoms with van der Waals surface area (Å²) in [6, 6.07) is 1.98. The van der Waals surface area contributed by atoms with E-state index in [1.807, 2.05) is 11.4 Å². The Morgan fingerprint density at radius 3 is 2.85 bits per heavy atom. The van der Waals surface area contributed by atoms with Crippen LogP contribution in [-0.2, 0) is 11.2 Å². The molecule has 0 amide bonds. The topological polar surface area (TPSA) is 43.1 Å². The fraction of sp³-hybridized carbons (Fsp3) is 0.444. The fourth-order valence-electron chi connectivity index (χ4n) is 1.19. The molecule has 2 nitrogen and oxygen atoms in total. The van der Waals surface area contributed by atoms with Crippen LogP contribution >= 0.6 is 27.3 Å². The van der Waals surface area contributed by atoms with Gasteiger partial charge in [-0.3, -0.25) is 4.79 Å². The number of hydrogen-bond acceptors (Lipinski definition) is 3. The molecule has 0 atom stereocenters. The van der Waals surface area contributed by atoms with E-state index in [0.717, 1.165) is 22.2 Å². The Morgan fingerprint density at radius 1 is 1.69 bits per heavy atom. The molecule has 1 heterocycles. The standard InChI is InChI=1S/C9H10BrNOS/c10-6-3-7(13-5-6)4-8(12)9(11)1-2-9/h3,5H,1-2,4,11H2. The maximum Gasteiger partial charge on any atom is 0.157 e. The largest absolute Gasteiger partial charge is 0.319 e. The molecular formula is C9H10BrNOS. The average molecular weight is 260 g/mol. The average Bonchev–Trinajstić information content (AvgIpc) is 2.69. The number of rotatable bonds is 3. The van der Waals surface area contributed by atoms with Gasteiger partial charge in [0.25, 0.3) is 0 Å². The zero-order valence-corrected chi connectivity index (χ0v) is 9.45. The normalized spacial score (nSPS) is 18.6. The van der Waals surface area contributed by atoms with Crippen molar-refractivity contribution in [1.82, 2.24) is 0 Å². The Bertz CT molecular complexity index is 343. The van der Waals surface area contributed by atoms with E-state index in [2.05, 4.69) is 15.9 Å². The van der Waals surface area contributed by atoms with Gasteiger partial charge in [-0.15, -0.1) is 11.3 Å². The number of carbonyl (C=O) groups is 1. The molecule has 0 spiro atoms. The van der Waals surface area contributed by atoms with Crippen molar-refractivity contribution in [3.8, 4) is 0 Å². The molecule has 1 aromatic rings. The lowest BCUT2D eigenvalue weighted by atomic mass is 10.1. The van der Waals surface area contributed by atoms with Gasteiger partial charge in [0.15, 0.2) is 5.78 Å². The summed E-state index contributed by atoms with van der Waals surface area (Å²) in [4.78, 5) is 12.7. The van der Waals surface area contributed by atoms with Gasteiger partial charge in [0.05, 0.1) is 5.54 Å². The maximum absolute atomic E-state index is 11.6. The van der Waals surface area contributed by atoms with Gasteiger partial charge >= 0.3 is 0 Å². The maximum atomic E-state index is 11.6. The Morgan fingerprint density at radius 2 is 2.38 bits per heavy atom. The first-order valence-electron chi connectivity index (χ1n) is 4.15. The number of halogens is 1. The molecule has 0 bridgehead atoms. The van der Waals surface area contributed by atoms with Gasteiger partial charge in [0.1, 0.15) is 0 Å². The summed E-state index contributed by atoms with van der Waals surface area (Å²) in [6.45, 7) is 0. The highest BCUT2D eigenvalue weighted by molar-refractivity contribution is 9.10. The van der Waals surface area contributed by atoms with Gasteiger partial charge in [-0.05, 0) is 34.8 Å². The summed E-state index contributed by atoms with van der Waals surface area (Å²) < 4.78 is 1.04. The predicted molar refractivity (Wildman–Crippen MR) is 56.9 cm³/mol. The number of Topliss-reactive ketones (excluding diaryl/α,β-unsaturated/α-hetero) is 1.